The van der Waals surface area contributed by atoms with E-state index in [1.807, 2.05) is 38.1 Å². The van der Waals surface area contributed by atoms with Crippen LogP contribution >= 0.6 is 11.6 Å². The first-order valence-corrected chi connectivity index (χ1v) is 11.5. The Morgan fingerprint density at radius 2 is 1.65 bits per heavy atom. The lowest BCUT2D eigenvalue weighted by molar-refractivity contribution is 0.0697. The number of aromatic carboxylic acids is 1. The maximum absolute atomic E-state index is 11.0. The number of hydrogen-bond acceptors (Lipinski definition) is 4. The lowest BCUT2D eigenvalue weighted by Crippen LogP contribution is -2.47. The second-order valence-corrected chi connectivity index (χ2v) is 8.07. The molecule has 0 saturated carbocycles. The summed E-state index contributed by atoms with van der Waals surface area (Å²) in [5.41, 5.74) is 5.63. The van der Waals surface area contributed by atoms with Gasteiger partial charge in [-0.15, -0.1) is 0 Å². The van der Waals surface area contributed by atoms with Crippen molar-refractivity contribution in [2.45, 2.75) is 20.3 Å². The number of piperazine rings is 1. The number of hydrogen-bond donors (Lipinski definition) is 2. The third kappa shape index (κ3) is 6.10. The Labute approximate surface area is 190 Å². The van der Waals surface area contributed by atoms with Crippen molar-refractivity contribution in [3.05, 3.63) is 70.3 Å². The maximum Gasteiger partial charge on any atom is 0.335 e. The molecule has 5 nitrogen and oxygen atoms in total. The number of rotatable bonds is 5. The van der Waals surface area contributed by atoms with Crippen LogP contribution in [-0.4, -0.2) is 61.8 Å². The third-order valence-corrected chi connectivity index (χ3v) is 6.03. The summed E-state index contributed by atoms with van der Waals surface area (Å²) < 4.78 is 0. The summed E-state index contributed by atoms with van der Waals surface area (Å²) in [4.78, 5) is 15.9. The van der Waals surface area contributed by atoms with Gasteiger partial charge in [-0.25, -0.2) is 4.79 Å². The minimum atomic E-state index is -0.882. The van der Waals surface area contributed by atoms with Gasteiger partial charge in [-0.2, -0.15) is 0 Å². The molecule has 0 aromatic heterocycles. The van der Waals surface area contributed by atoms with Gasteiger partial charge in [0.15, 0.2) is 0 Å². The Morgan fingerprint density at radius 3 is 2.26 bits per heavy atom. The van der Waals surface area contributed by atoms with Crippen LogP contribution in [0.25, 0.3) is 5.57 Å². The smallest absolute Gasteiger partial charge is 0.335 e. The van der Waals surface area contributed by atoms with Crippen molar-refractivity contribution in [3.63, 3.8) is 0 Å². The fourth-order valence-electron chi connectivity index (χ4n) is 4.14. The molecular weight excluding hydrogens is 410 g/mol. The average Bonchev–Trinajstić information content (AvgIpc) is 2.82. The van der Waals surface area contributed by atoms with E-state index < -0.39 is 5.97 Å². The Balaban J connectivity index is 0.00000132. The molecule has 2 aromatic carbocycles. The molecule has 2 aliphatic rings. The molecule has 31 heavy (non-hydrogen) atoms. The number of anilines is 1. The van der Waals surface area contributed by atoms with Crippen molar-refractivity contribution >= 4 is 28.8 Å². The number of nitrogens with zero attached hydrogens (tertiary/aromatic N) is 2. The second-order valence-electron chi connectivity index (χ2n) is 7.63. The van der Waals surface area contributed by atoms with Crippen molar-refractivity contribution in [3.8, 4) is 0 Å². The minimum Gasteiger partial charge on any atom is -0.478 e. The van der Waals surface area contributed by atoms with E-state index in [2.05, 4.69) is 27.2 Å². The Hall–Kier alpha value is -2.34. The average molecular weight is 442 g/mol. The first kappa shape index (κ1) is 23.3. The molecule has 0 atom stereocenters. The number of carboxylic acid groups (broad SMARTS) is 1. The van der Waals surface area contributed by atoms with Gasteiger partial charge in [0, 0.05) is 50.0 Å². The van der Waals surface area contributed by atoms with Gasteiger partial charge in [-0.3, -0.25) is 4.90 Å². The van der Waals surface area contributed by atoms with E-state index in [0.717, 1.165) is 62.9 Å². The third-order valence-electron chi connectivity index (χ3n) is 5.78. The highest BCUT2D eigenvalue weighted by molar-refractivity contribution is 6.30. The summed E-state index contributed by atoms with van der Waals surface area (Å²) in [5, 5.41) is 13.3. The lowest BCUT2D eigenvalue weighted by Gasteiger charge is -2.37. The van der Waals surface area contributed by atoms with E-state index in [4.69, 9.17) is 16.7 Å². The van der Waals surface area contributed by atoms with E-state index in [1.54, 1.807) is 12.1 Å². The Kier molecular flexibility index (Phi) is 8.52. The predicted octanol–water partition coefficient (Wildman–Crippen LogP) is 4.63. The molecule has 2 aliphatic heterocycles. The highest BCUT2D eigenvalue weighted by Gasteiger charge is 2.21. The molecule has 2 heterocycles. The first-order chi connectivity index (χ1) is 15.1. The number of carbonyl (C=O) groups is 1. The van der Waals surface area contributed by atoms with Gasteiger partial charge in [0.2, 0.25) is 0 Å². The summed E-state index contributed by atoms with van der Waals surface area (Å²) in [6.45, 7) is 10.8. The molecule has 0 bridgehead atoms. The summed E-state index contributed by atoms with van der Waals surface area (Å²) in [7, 11) is 0. The van der Waals surface area contributed by atoms with Crippen LogP contribution in [0, 0.1) is 0 Å². The molecule has 166 valence electrons. The molecule has 0 spiro atoms. The van der Waals surface area contributed by atoms with Gasteiger partial charge in [0.1, 0.15) is 0 Å². The Morgan fingerprint density at radius 1 is 1.00 bits per heavy atom. The van der Waals surface area contributed by atoms with Crippen molar-refractivity contribution in [2.75, 3.05) is 50.7 Å². The van der Waals surface area contributed by atoms with Gasteiger partial charge in [0.25, 0.3) is 0 Å². The molecule has 2 N–H and O–H groups in total. The van der Waals surface area contributed by atoms with Crippen LogP contribution in [0.2, 0.25) is 5.02 Å². The first-order valence-electron chi connectivity index (χ1n) is 11.1. The topological polar surface area (TPSA) is 55.8 Å². The van der Waals surface area contributed by atoms with E-state index >= 15 is 0 Å². The summed E-state index contributed by atoms with van der Waals surface area (Å²) in [6.07, 6.45) is 1.05. The molecule has 0 aliphatic carbocycles. The van der Waals surface area contributed by atoms with E-state index in [1.165, 1.54) is 16.7 Å². The van der Waals surface area contributed by atoms with Crippen LogP contribution in [0.3, 0.4) is 0 Å². The van der Waals surface area contributed by atoms with Crippen molar-refractivity contribution in [2.24, 2.45) is 0 Å². The molecule has 2 aromatic rings. The van der Waals surface area contributed by atoms with Gasteiger partial charge in [-0.1, -0.05) is 37.6 Å². The Bertz CT molecular complexity index is 886. The highest BCUT2D eigenvalue weighted by atomic mass is 35.5. The number of benzene rings is 2. The van der Waals surface area contributed by atoms with Gasteiger partial charge >= 0.3 is 5.97 Å². The van der Waals surface area contributed by atoms with E-state index in [0.29, 0.717) is 5.56 Å². The van der Waals surface area contributed by atoms with Crippen LogP contribution in [0.15, 0.2) is 54.1 Å². The molecule has 6 heteroatoms. The zero-order valence-corrected chi connectivity index (χ0v) is 19.2. The van der Waals surface area contributed by atoms with Gasteiger partial charge in [0.05, 0.1) is 5.56 Å². The van der Waals surface area contributed by atoms with Crippen LogP contribution in [0.5, 0.6) is 0 Å². The molecule has 0 amide bonds. The number of nitrogens with one attached hydrogen (secondary N) is 1. The number of halogens is 1. The summed E-state index contributed by atoms with van der Waals surface area (Å²) >= 11 is 6.06. The van der Waals surface area contributed by atoms with Crippen LogP contribution in [0.1, 0.15) is 36.2 Å². The molecule has 0 radical (unpaired) electrons. The minimum absolute atomic E-state index is 0.332. The van der Waals surface area contributed by atoms with Crippen LogP contribution in [-0.2, 0) is 0 Å². The van der Waals surface area contributed by atoms with E-state index in [-0.39, 0.29) is 0 Å². The highest BCUT2D eigenvalue weighted by Crippen LogP contribution is 2.27. The van der Waals surface area contributed by atoms with Crippen LogP contribution < -0.4 is 10.2 Å². The van der Waals surface area contributed by atoms with Crippen molar-refractivity contribution in [1.82, 2.24) is 10.2 Å². The zero-order chi connectivity index (χ0) is 22.2. The molecule has 1 fully saturated rings. The van der Waals surface area contributed by atoms with E-state index in [9.17, 15) is 4.79 Å². The quantitative estimate of drug-likeness (QED) is 0.708. The summed E-state index contributed by atoms with van der Waals surface area (Å²) in [5.74, 6) is -0.882. The number of carboxylic acids is 1. The van der Waals surface area contributed by atoms with Gasteiger partial charge in [-0.05, 0) is 66.1 Å². The van der Waals surface area contributed by atoms with Crippen LogP contribution in [0.4, 0.5) is 5.69 Å². The standard InChI is InChI=1S/C23H26ClN3O2.C2H6/c24-20-5-1-17(2-6-20)22-9-10-25-15-19(22)16-26-11-13-27(14-12-26)21-7-3-18(4-8-21)23(28)29;1-2/h1-8,25H,9-16H2,(H,28,29);1-2H3. The molecule has 0 unspecified atom stereocenters. The summed E-state index contributed by atoms with van der Waals surface area (Å²) in [6, 6.07) is 15.4. The molecule has 1 saturated heterocycles. The van der Waals surface area contributed by atoms with Crippen molar-refractivity contribution < 1.29 is 9.90 Å². The maximum atomic E-state index is 11.0. The molecular formula is C25H32ClN3O2. The second kappa shape index (κ2) is 11.3. The van der Waals surface area contributed by atoms with Crippen molar-refractivity contribution in [1.29, 1.82) is 0 Å². The zero-order valence-electron chi connectivity index (χ0n) is 18.4. The predicted molar refractivity (Wildman–Crippen MR) is 129 cm³/mol. The fourth-order valence-corrected chi connectivity index (χ4v) is 4.26. The van der Waals surface area contributed by atoms with Gasteiger partial charge < -0.3 is 15.3 Å². The monoisotopic (exact) mass is 441 g/mol. The lowest BCUT2D eigenvalue weighted by atomic mass is 9.94. The normalized spacial score (nSPS) is 17.2. The largest absolute Gasteiger partial charge is 0.478 e. The molecule has 4 rings (SSSR count). The fraction of sp³-hybridized carbons (Fsp3) is 0.400. The SMILES string of the molecule is CC.O=C(O)c1ccc(N2CCN(CC3=C(c4ccc(Cl)cc4)CCNC3)CC2)cc1.